The van der Waals surface area contributed by atoms with Crippen LogP contribution >= 0.6 is 11.6 Å². The zero-order valence-corrected chi connectivity index (χ0v) is 12.2. The zero-order chi connectivity index (χ0) is 14.0. The average Bonchev–Trinajstić information content (AvgIpc) is 2.38. The van der Waals surface area contributed by atoms with Gasteiger partial charge in [0.25, 0.3) is 0 Å². The van der Waals surface area contributed by atoms with Crippen LogP contribution < -0.4 is 10.6 Å². The Hall–Kier alpha value is -1.26. The van der Waals surface area contributed by atoms with Crippen molar-refractivity contribution < 1.29 is 4.79 Å². The quantitative estimate of drug-likeness (QED) is 0.898. The number of hydrogen-bond acceptors (Lipinski definition) is 3. The number of carbonyl (C=O) groups excluding carboxylic acids is 1. The molecule has 0 unspecified atom stereocenters. The fourth-order valence-electron chi connectivity index (χ4n) is 2.23. The fraction of sp³-hybridized carbons (Fsp3) is 0.500. The molecule has 1 fully saturated rings. The van der Waals surface area contributed by atoms with E-state index in [-0.39, 0.29) is 5.91 Å². The van der Waals surface area contributed by atoms with Crippen LogP contribution in [-0.2, 0) is 4.79 Å². The third kappa shape index (κ3) is 3.39. The first-order chi connectivity index (χ1) is 8.88. The van der Waals surface area contributed by atoms with Crippen LogP contribution in [0.15, 0.2) is 24.3 Å². The molecule has 104 valence electrons. The van der Waals surface area contributed by atoms with E-state index in [4.69, 9.17) is 17.3 Å². The molecule has 1 aromatic rings. The third-order valence-electron chi connectivity index (χ3n) is 3.31. The monoisotopic (exact) mass is 281 g/mol. The maximum absolute atomic E-state index is 12.1. The van der Waals surface area contributed by atoms with Gasteiger partial charge < -0.3 is 15.5 Å². The van der Waals surface area contributed by atoms with E-state index in [1.807, 2.05) is 29.2 Å². The largest absolute Gasteiger partial charge is 0.368 e. The number of halogens is 1. The minimum atomic E-state index is -0.789. The van der Waals surface area contributed by atoms with Crippen molar-refractivity contribution >= 4 is 23.2 Å². The van der Waals surface area contributed by atoms with E-state index >= 15 is 0 Å². The lowest BCUT2D eigenvalue weighted by Gasteiger charge is -2.38. The second kappa shape index (κ2) is 5.39. The summed E-state index contributed by atoms with van der Waals surface area (Å²) < 4.78 is 0. The number of anilines is 1. The molecule has 0 spiro atoms. The molecule has 5 heteroatoms. The van der Waals surface area contributed by atoms with E-state index in [9.17, 15) is 4.79 Å². The van der Waals surface area contributed by atoms with Gasteiger partial charge in [-0.15, -0.1) is 0 Å². The highest BCUT2D eigenvalue weighted by atomic mass is 35.5. The summed E-state index contributed by atoms with van der Waals surface area (Å²) in [5, 5.41) is 0.738. The number of rotatable bonds is 2. The van der Waals surface area contributed by atoms with Gasteiger partial charge in [-0.25, -0.2) is 0 Å². The van der Waals surface area contributed by atoms with Crippen LogP contribution in [0.3, 0.4) is 0 Å². The molecule has 19 heavy (non-hydrogen) atoms. The topological polar surface area (TPSA) is 49.6 Å². The molecule has 0 atom stereocenters. The zero-order valence-electron chi connectivity index (χ0n) is 11.4. The Kier molecular flexibility index (Phi) is 4.02. The third-order valence-corrected chi connectivity index (χ3v) is 3.56. The van der Waals surface area contributed by atoms with Crippen LogP contribution in [-0.4, -0.2) is 42.5 Å². The smallest absolute Gasteiger partial charge is 0.242 e. The second-order valence-corrected chi connectivity index (χ2v) is 5.91. The molecular formula is C14H20ClN3O. The minimum absolute atomic E-state index is 0.0169. The molecule has 1 amide bonds. The molecule has 1 aliphatic rings. The van der Waals surface area contributed by atoms with Crippen molar-refractivity contribution in [1.29, 1.82) is 0 Å². The molecule has 2 N–H and O–H groups in total. The number of amides is 1. The van der Waals surface area contributed by atoms with Gasteiger partial charge in [-0.2, -0.15) is 0 Å². The van der Waals surface area contributed by atoms with E-state index < -0.39 is 5.54 Å². The normalized spacial score (nSPS) is 16.6. The van der Waals surface area contributed by atoms with Crippen molar-refractivity contribution in [2.75, 3.05) is 31.1 Å². The molecule has 2 rings (SSSR count). The molecule has 0 aromatic heterocycles. The number of carbonyl (C=O) groups is 1. The van der Waals surface area contributed by atoms with Crippen LogP contribution in [0.4, 0.5) is 5.69 Å². The molecule has 0 radical (unpaired) electrons. The Labute approximate surface area is 119 Å². The Bertz CT molecular complexity index is 445. The van der Waals surface area contributed by atoms with Gasteiger partial charge in [-0.3, -0.25) is 4.79 Å². The van der Waals surface area contributed by atoms with Gasteiger partial charge >= 0.3 is 0 Å². The maximum atomic E-state index is 12.1. The highest BCUT2D eigenvalue weighted by Gasteiger charge is 2.30. The summed E-state index contributed by atoms with van der Waals surface area (Å²) in [7, 11) is 0. The van der Waals surface area contributed by atoms with Gasteiger partial charge in [0.1, 0.15) is 0 Å². The van der Waals surface area contributed by atoms with Crippen LogP contribution in [0.1, 0.15) is 13.8 Å². The Morgan fingerprint density at radius 2 is 1.68 bits per heavy atom. The van der Waals surface area contributed by atoms with E-state index in [2.05, 4.69) is 4.90 Å². The van der Waals surface area contributed by atoms with Crippen molar-refractivity contribution in [2.24, 2.45) is 5.73 Å². The van der Waals surface area contributed by atoms with Gasteiger partial charge in [0, 0.05) is 36.9 Å². The highest BCUT2D eigenvalue weighted by molar-refractivity contribution is 6.30. The van der Waals surface area contributed by atoms with E-state index in [0.29, 0.717) is 13.1 Å². The number of benzene rings is 1. The number of nitrogens with two attached hydrogens (primary N) is 1. The molecule has 1 saturated heterocycles. The van der Waals surface area contributed by atoms with E-state index in [1.165, 1.54) is 0 Å². The summed E-state index contributed by atoms with van der Waals surface area (Å²) >= 11 is 5.88. The first-order valence-electron chi connectivity index (χ1n) is 6.47. The minimum Gasteiger partial charge on any atom is -0.368 e. The van der Waals surface area contributed by atoms with E-state index in [1.54, 1.807) is 13.8 Å². The molecule has 1 aromatic carbocycles. The number of nitrogens with zero attached hydrogens (tertiary/aromatic N) is 2. The summed E-state index contributed by atoms with van der Waals surface area (Å²) in [5.74, 6) is 0.0169. The van der Waals surface area contributed by atoms with Gasteiger partial charge in [0.05, 0.1) is 5.54 Å². The lowest BCUT2D eigenvalue weighted by atomic mass is 10.0. The predicted molar refractivity (Wildman–Crippen MR) is 78.5 cm³/mol. The van der Waals surface area contributed by atoms with Crippen LogP contribution in [0.5, 0.6) is 0 Å². The fourth-order valence-corrected chi connectivity index (χ4v) is 2.35. The van der Waals surface area contributed by atoms with Gasteiger partial charge in [-0.1, -0.05) is 11.6 Å². The summed E-state index contributed by atoms with van der Waals surface area (Å²) in [5.41, 5.74) is 6.21. The van der Waals surface area contributed by atoms with Crippen LogP contribution in [0, 0.1) is 0 Å². The van der Waals surface area contributed by atoms with Gasteiger partial charge in [-0.05, 0) is 38.1 Å². The average molecular weight is 282 g/mol. The first-order valence-corrected chi connectivity index (χ1v) is 6.84. The molecule has 0 saturated carbocycles. The Morgan fingerprint density at radius 3 is 2.16 bits per heavy atom. The molecule has 1 aliphatic heterocycles. The predicted octanol–water partition coefficient (Wildman–Crippen LogP) is 1.73. The molecule has 0 aliphatic carbocycles. The molecule has 4 nitrogen and oxygen atoms in total. The first kappa shape index (κ1) is 14.2. The van der Waals surface area contributed by atoms with Crippen molar-refractivity contribution in [3.63, 3.8) is 0 Å². The Balaban J connectivity index is 1.96. The maximum Gasteiger partial charge on any atom is 0.242 e. The van der Waals surface area contributed by atoms with E-state index in [0.717, 1.165) is 23.8 Å². The highest BCUT2D eigenvalue weighted by Crippen LogP contribution is 2.20. The molecular weight excluding hydrogens is 262 g/mol. The second-order valence-electron chi connectivity index (χ2n) is 5.48. The van der Waals surface area contributed by atoms with Gasteiger partial charge in [0.15, 0.2) is 0 Å². The lowest BCUT2D eigenvalue weighted by molar-refractivity contribution is -0.136. The molecule has 0 bridgehead atoms. The summed E-state index contributed by atoms with van der Waals surface area (Å²) in [6.07, 6.45) is 0. The van der Waals surface area contributed by atoms with Crippen molar-refractivity contribution in [2.45, 2.75) is 19.4 Å². The van der Waals surface area contributed by atoms with Crippen molar-refractivity contribution in [3.05, 3.63) is 29.3 Å². The number of hydrogen-bond donors (Lipinski definition) is 1. The standard InChI is InChI=1S/C14H20ClN3O/c1-14(2,16)13(19)18-9-7-17(8-10-18)12-5-3-11(15)4-6-12/h3-6H,7-10,16H2,1-2H3. The van der Waals surface area contributed by atoms with Crippen molar-refractivity contribution in [3.8, 4) is 0 Å². The summed E-state index contributed by atoms with van der Waals surface area (Å²) in [4.78, 5) is 16.2. The number of piperazine rings is 1. The van der Waals surface area contributed by atoms with Crippen molar-refractivity contribution in [1.82, 2.24) is 4.90 Å². The van der Waals surface area contributed by atoms with Crippen LogP contribution in [0.25, 0.3) is 0 Å². The summed E-state index contributed by atoms with van der Waals surface area (Å²) in [6, 6.07) is 7.79. The Morgan fingerprint density at radius 1 is 1.16 bits per heavy atom. The lowest BCUT2D eigenvalue weighted by Crippen LogP contribution is -2.57. The van der Waals surface area contributed by atoms with Crippen LogP contribution in [0.2, 0.25) is 5.02 Å². The summed E-state index contributed by atoms with van der Waals surface area (Å²) in [6.45, 7) is 6.57. The SMILES string of the molecule is CC(C)(N)C(=O)N1CCN(c2ccc(Cl)cc2)CC1. The molecule has 1 heterocycles. The van der Waals surface area contributed by atoms with Gasteiger partial charge in [0.2, 0.25) is 5.91 Å².